The molecule has 0 N–H and O–H groups in total. The monoisotopic (exact) mass is 1060 g/mol. The third-order valence-corrected chi connectivity index (χ3v) is 13.4. The van der Waals surface area contributed by atoms with Crippen molar-refractivity contribution < 1.29 is 25.8 Å². The van der Waals surface area contributed by atoms with Gasteiger partial charge in [-0.3, -0.25) is 0 Å². The van der Waals surface area contributed by atoms with Gasteiger partial charge in [0, 0.05) is 66.8 Å². The van der Waals surface area contributed by atoms with Crippen molar-refractivity contribution in [3.8, 4) is 17.3 Å². The maximum atomic E-state index is 6.69. The van der Waals surface area contributed by atoms with Gasteiger partial charge in [0.2, 0.25) is 0 Å². The summed E-state index contributed by atoms with van der Waals surface area (Å²) >= 11 is 0. The zero-order valence-corrected chi connectivity index (χ0v) is 44.1. The summed E-state index contributed by atoms with van der Waals surface area (Å²) in [6.07, 6.45) is 1.95. The smallest absolute Gasteiger partial charge is 0.135 e. The Bertz CT molecular complexity index is 3060. The molecule has 0 saturated carbocycles. The second-order valence-corrected chi connectivity index (χ2v) is 22.9. The van der Waals surface area contributed by atoms with Gasteiger partial charge >= 0.3 is 0 Å². The molecule has 0 fully saturated rings. The quantitative estimate of drug-likeness (QED) is 0.149. The average Bonchev–Trinajstić information content (AvgIpc) is 3.81. The Balaban J connectivity index is 0.00000608. The fraction of sp³-hybridized carbons (Fsp3) is 0.311. The molecule has 0 spiro atoms. The first-order valence-electron chi connectivity index (χ1n) is 23.4. The number of hydrogen-bond donors (Lipinski definition) is 0. The number of fused-ring (bicyclic) bond motifs is 4. The second kappa shape index (κ2) is 17.1. The van der Waals surface area contributed by atoms with E-state index in [4.69, 9.17) is 9.72 Å². The molecule has 0 saturated heterocycles. The van der Waals surface area contributed by atoms with E-state index in [-0.39, 0.29) is 48.1 Å². The summed E-state index contributed by atoms with van der Waals surface area (Å²) in [6.45, 7) is 34.4. The van der Waals surface area contributed by atoms with Crippen molar-refractivity contribution in [2.75, 3.05) is 9.80 Å². The molecule has 5 nitrogen and oxygen atoms in total. The van der Waals surface area contributed by atoms with Gasteiger partial charge in [-0.2, -0.15) is 12.1 Å². The zero-order valence-electron chi connectivity index (χ0n) is 41.8. The molecule has 9 rings (SSSR count). The van der Waals surface area contributed by atoms with Crippen LogP contribution in [0.5, 0.6) is 11.5 Å². The van der Waals surface area contributed by atoms with Crippen LogP contribution in [0.15, 0.2) is 134 Å². The number of nitrogens with zero attached hydrogens (tertiary/aromatic N) is 4. The first-order chi connectivity index (χ1) is 31.0. The van der Waals surface area contributed by atoms with Gasteiger partial charge in [0.25, 0.3) is 0 Å². The van der Waals surface area contributed by atoms with E-state index >= 15 is 0 Å². The number of pyridine rings is 1. The van der Waals surface area contributed by atoms with E-state index in [2.05, 4.69) is 239 Å². The summed E-state index contributed by atoms with van der Waals surface area (Å²) in [5, 5.41) is 2.22. The van der Waals surface area contributed by atoms with Crippen LogP contribution in [-0.4, -0.2) is 9.55 Å². The van der Waals surface area contributed by atoms with E-state index in [0.29, 0.717) is 11.5 Å². The SMILES string of the molecule is CC(C)(C)c1cc(N2[CH-]N(c3[c-]c(Oc4[c-]c5c(cc4)c4ccccc4n5-c4cc(C(C)(C)c5cc(C(C)(C)C)cc(C(C)(C)C)c5)ccn4)ccc3)c3ccccc32)cc(C(C)(C)C)c1.[Pt]. The molecule has 2 aromatic heterocycles. The summed E-state index contributed by atoms with van der Waals surface area (Å²) in [5.74, 6) is 2.05. The summed E-state index contributed by atoms with van der Waals surface area (Å²) in [7, 11) is 0. The predicted octanol–water partition coefficient (Wildman–Crippen LogP) is 16.5. The van der Waals surface area contributed by atoms with Crippen LogP contribution in [-0.2, 0) is 48.1 Å². The maximum absolute atomic E-state index is 6.69. The Morgan fingerprint density at radius 3 is 1.63 bits per heavy atom. The number of anilines is 4. The Labute approximate surface area is 414 Å². The molecule has 0 unspecified atom stereocenters. The van der Waals surface area contributed by atoms with Crippen LogP contribution in [0.4, 0.5) is 22.7 Å². The minimum atomic E-state index is -0.299. The van der Waals surface area contributed by atoms with Crippen LogP contribution in [0, 0.1) is 18.8 Å². The average molecular weight is 1070 g/mol. The number of para-hydroxylation sites is 3. The van der Waals surface area contributed by atoms with Gasteiger partial charge in [-0.05, 0) is 103 Å². The first-order valence-corrected chi connectivity index (χ1v) is 23.4. The fourth-order valence-corrected chi connectivity index (χ4v) is 9.00. The van der Waals surface area contributed by atoms with Crippen LogP contribution in [0.25, 0.3) is 27.6 Å². The minimum Gasteiger partial charge on any atom is -0.509 e. The van der Waals surface area contributed by atoms with Crippen molar-refractivity contribution in [3.05, 3.63) is 186 Å². The van der Waals surface area contributed by atoms with Crippen molar-refractivity contribution in [1.29, 1.82) is 0 Å². The molecule has 0 bridgehead atoms. The van der Waals surface area contributed by atoms with Crippen molar-refractivity contribution in [3.63, 3.8) is 0 Å². The largest absolute Gasteiger partial charge is 0.509 e. The van der Waals surface area contributed by atoms with Gasteiger partial charge in [0.15, 0.2) is 0 Å². The molecule has 8 aromatic rings. The molecule has 1 aliphatic heterocycles. The molecule has 0 aliphatic carbocycles. The van der Waals surface area contributed by atoms with E-state index < -0.39 is 0 Å². The first kappa shape index (κ1) is 47.8. The third kappa shape index (κ3) is 9.21. The molecule has 0 atom stereocenters. The Morgan fingerprint density at radius 2 is 1.01 bits per heavy atom. The normalized spacial score (nSPS) is 13.6. The Hall–Kier alpha value is -5.64. The molecule has 67 heavy (non-hydrogen) atoms. The second-order valence-electron chi connectivity index (χ2n) is 22.9. The molecule has 6 heteroatoms. The number of benzene rings is 6. The number of hydrogen-bond acceptors (Lipinski definition) is 4. The maximum Gasteiger partial charge on any atom is 0.135 e. The van der Waals surface area contributed by atoms with E-state index in [1.807, 2.05) is 24.4 Å². The molecule has 0 radical (unpaired) electrons. The van der Waals surface area contributed by atoms with Gasteiger partial charge < -0.3 is 19.1 Å². The van der Waals surface area contributed by atoms with E-state index in [1.54, 1.807) is 0 Å². The number of ether oxygens (including phenoxy) is 1. The van der Waals surface area contributed by atoms with E-state index in [9.17, 15) is 0 Å². The van der Waals surface area contributed by atoms with Gasteiger partial charge in [0.05, 0.1) is 0 Å². The summed E-state index contributed by atoms with van der Waals surface area (Å²) in [4.78, 5) is 9.54. The summed E-state index contributed by atoms with van der Waals surface area (Å²) in [5.41, 5.74) is 13.7. The number of aromatic nitrogens is 2. The molecule has 6 aromatic carbocycles. The Kier molecular flexibility index (Phi) is 12.2. The predicted molar refractivity (Wildman–Crippen MR) is 278 cm³/mol. The minimum absolute atomic E-state index is 0. The van der Waals surface area contributed by atoms with Crippen LogP contribution in [0.3, 0.4) is 0 Å². The summed E-state index contributed by atoms with van der Waals surface area (Å²) in [6, 6.07) is 53.3. The molecule has 0 amide bonds. The fourth-order valence-electron chi connectivity index (χ4n) is 9.00. The van der Waals surface area contributed by atoms with Crippen LogP contribution in [0.1, 0.15) is 130 Å². The van der Waals surface area contributed by atoms with Gasteiger partial charge in [0.1, 0.15) is 5.82 Å². The van der Waals surface area contributed by atoms with Crippen LogP contribution in [0.2, 0.25) is 0 Å². The van der Waals surface area contributed by atoms with Crippen LogP contribution < -0.4 is 14.5 Å². The topological polar surface area (TPSA) is 33.5 Å². The molecule has 3 heterocycles. The van der Waals surface area contributed by atoms with Crippen molar-refractivity contribution in [1.82, 2.24) is 9.55 Å². The van der Waals surface area contributed by atoms with Crippen molar-refractivity contribution in [2.24, 2.45) is 0 Å². The Morgan fingerprint density at radius 1 is 0.478 bits per heavy atom. The zero-order chi connectivity index (χ0) is 47.1. The summed E-state index contributed by atoms with van der Waals surface area (Å²) < 4.78 is 8.92. The molecule has 1 aliphatic rings. The molecular weight excluding hydrogens is 1000 g/mol. The van der Waals surface area contributed by atoms with Crippen molar-refractivity contribution in [2.45, 2.75) is 124 Å². The third-order valence-electron chi connectivity index (χ3n) is 13.4. The number of rotatable bonds is 7. The standard InChI is InChI=1S/C61H65N4O.Pt/c1-57(2,3)41-30-42(58(4,5)6)33-45(32-41)61(13,14)40-28-29-62-56(36-40)65-52-23-16-15-22-50(52)51-27-26-49(38-55(51)65)66-48-21-19-20-46(37-48)63-39-64(54-25-18-17-24-53(54)63)47-34-43(59(7,8)9)31-44(35-47)60(10,11)12;/h15-36,39H,1-14H3;/q-3;. The van der Waals surface area contributed by atoms with Gasteiger partial charge in [-0.15, -0.1) is 48.1 Å². The van der Waals surface area contributed by atoms with Crippen LogP contribution >= 0.6 is 0 Å². The molecular formula is C61H65N4OPt-3. The van der Waals surface area contributed by atoms with E-state index in [1.165, 1.54) is 33.4 Å². The molecule has 348 valence electrons. The van der Waals surface area contributed by atoms with Crippen molar-refractivity contribution >= 4 is 44.6 Å². The van der Waals surface area contributed by atoms with E-state index in [0.717, 1.165) is 50.4 Å². The van der Waals surface area contributed by atoms with Gasteiger partial charge in [-0.1, -0.05) is 157 Å². The van der Waals surface area contributed by atoms with Gasteiger partial charge in [-0.25, -0.2) is 4.98 Å².